The van der Waals surface area contributed by atoms with Crippen molar-refractivity contribution in [3.8, 4) is 0 Å². The van der Waals surface area contributed by atoms with E-state index in [-0.39, 0.29) is 27.2 Å². The zero-order valence-corrected chi connectivity index (χ0v) is 10.5. The van der Waals surface area contributed by atoms with E-state index < -0.39 is 17.7 Å². The number of hydrogen-bond donors (Lipinski definition) is 1. The molecule has 2 rings (SSSR count). The van der Waals surface area contributed by atoms with E-state index in [0.717, 1.165) is 6.07 Å². The quantitative estimate of drug-likeness (QED) is 0.853. The summed E-state index contributed by atoms with van der Waals surface area (Å²) in [6.45, 7) is 0. The molecule has 1 amide bonds. The summed E-state index contributed by atoms with van der Waals surface area (Å²) in [5, 5.41) is 0.120. The van der Waals surface area contributed by atoms with Gasteiger partial charge in [-0.15, -0.1) is 0 Å². The summed E-state index contributed by atoms with van der Waals surface area (Å²) >= 11 is 5.66. The van der Waals surface area contributed by atoms with Gasteiger partial charge in [0.05, 0.1) is 23.2 Å². The van der Waals surface area contributed by atoms with Crippen LogP contribution in [0.15, 0.2) is 18.2 Å². The maximum absolute atomic E-state index is 13.4. The van der Waals surface area contributed by atoms with E-state index in [1.54, 1.807) is 0 Å². The van der Waals surface area contributed by atoms with Crippen LogP contribution < -0.4 is 5.73 Å². The van der Waals surface area contributed by atoms with E-state index in [1.165, 1.54) is 19.2 Å². The molecule has 98 valence electrons. The van der Waals surface area contributed by atoms with Crippen molar-refractivity contribution in [1.29, 1.82) is 0 Å². The van der Waals surface area contributed by atoms with Crippen molar-refractivity contribution in [3.63, 3.8) is 0 Å². The highest BCUT2D eigenvalue weighted by Gasteiger charge is 2.17. The number of primary amides is 1. The lowest BCUT2D eigenvalue weighted by atomic mass is 10.1. The molecule has 0 saturated carbocycles. The lowest BCUT2D eigenvalue weighted by Crippen LogP contribution is -2.15. The Kier molecular flexibility index (Phi) is 3.35. The highest BCUT2D eigenvalue weighted by molar-refractivity contribution is 6.31. The third kappa shape index (κ3) is 2.34. The number of amides is 1. The molecule has 0 aliphatic heterocycles. The molecule has 2 aromatic rings. The number of pyridine rings is 1. The van der Waals surface area contributed by atoms with Gasteiger partial charge in [-0.25, -0.2) is 14.2 Å². The minimum atomic E-state index is -0.831. The second-order valence-electron chi connectivity index (χ2n) is 3.69. The molecule has 0 bridgehead atoms. The number of esters is 1. The Morgan fingerprint density at radius 2 is 2.05 bits per heavy atom. The molecule has 0 atom stereocenters. The fourth-order valence-corrected chi connectivity index (χ4v) is 1.79. The Balaban J connectivity index is 2.85. The van der Waals surface area contributed by atoms with Gasteiger partial charge in [0.15, 0.2) is 0 Å². The summed E-state index contributed by atoms with van der Waals surface area (Å²) in [4.78, 5) is 26.7. The molecule has 7 heteroatoms. The van der Waals surface area contributed by atoms with Gasteiger partial charge >= 0.3 is 5.97 Å². The summed E-state index contributed by atoms with van der Waals surface area (Å²) in [6, 6.07) is 3.46. The number of rotatable bonds is 2. The molecule has 0 saturated heterocycles. The predicted molar refractivity (Wildman–Crippen MR) is 66.6 cm³/mol. The molecule has 0 aliphatic carbocycles. The smallest absolute Gasteiger partial charge is 0.338 e. The zero-order chi connectivity index (χ0) is 14.2. The monoisotopic (exact) mass is 282 g/mol. The highest BCUT2D eigenvalue weighted by Crippen LogP contribution is 2.25. The Morgan fingerprint density at radius 1 is 1.37 bits per heavy atom. The van der Waals surface area contributed by atoms with E-state index in [2.05, 4.69) is 9.72 Å². The van der Waals surface area contributed by atoms with Gasteiger partial charge in [0.1, 0.15) is 11.5 Å². The van der Waals surface area contributed by atoms with Crippen molar-refractivity contribution in [1.82, 2.24) is 4.98 Å². The van der Waals surface area contributed by atoms with Gasteiger partial charge in [-0.2, -0.15) is 0 Å². The maximum Gasteiger partial charge on any atom is 0.338 e. The van der Waals surface area contributed by atoms with E-state index in [0.29, 0.717) is 0 Å². The normalized spacial score (nSPS) is 10.5. The molecule has 0 unspecified atom stereocenters. The van der Waals surface area contributed by atoms with Crippen LogP contribution in [0.25, 0.3) is 10.9 Å². The number of carbonyl (C=O) groups is 2. The summed E-state index contributed by atoms with van der Waals surface area (Å²) in [5.74, 6) is -2.24. The summed E-state index contributed by atoms with van der Waals surface area (Å²) in [5.41, 5.74) is 5.09. The van der Waals surface area contributed by atoms with Crippen LogP contribution in [0, 0.1) is 5.82 Å². The van der Waals surface area contributed by atoms with Crippen molar-refractivity contribution in [2.75, 3.05) is 7.11 Å². The minimum absolute atomic E-state index is 0.0446. The van der Waals surface area contributed by atoms with Crippen LogP contribution in [0.5, 0.6) is 0 Å². The van der Waals surface area contributed by atoms with Gasteiger partial charge in [0.25, 0.3) is 5.91 Å². The standard InChI is InChI=1S/C12H8ClFN2O3/c1-19-12(18)6-3-10(11(15)17)16-9-4-8(14)7(13)2-5(6)9/h2-4H,1H3,(H2,15,17). The number of fused-ring (bicyclic) bond motifs is 1. The first kappa shape index (κ1) is 13.2. The summed E-state index contributed by atoms with van der Waals surface area (Å²) < 4.78 is 18.0. The predicted octanol–water partition coefficient (Wildman–Crippen LogP) is 1.91. The third-order valence-electron chi connectivity index (χ3n) is 2.51. The van der Waals surface area contributed by atoms with Crippen LogP contribution in [0.1, 0.15) is 20.8 Å². The van der Waals surface area contributed by atoms with Gasteiger partial charge in [0.2, 0.25) is 0 Å². The van der Waals surface area contributed by atoms with E-state index in [4.69, 9.17) is 17.3 Å². The van der Waals surface area contributed by atoms with E-state index in [9.17, 15) is 14.0 Å². The van der Waals surface area contributed by atoms with Crippen molar-refractivity contribution in [2.45, 2.75) is 0 Å². The number of benzene rings is 1. The number of aromatic nitrogens is 1. The lowest BCUT2D eigenvalue weighted by Gasteiger charge is -2.07. The molecule has 1 aromatic carbocycles. The number of methoxy groups -OCH3 is 1. The minimum Gasteiger partial charge on any atom is -0.465 e. The molecule has 5 nitrogen and oxygen atoms in total. The largest absolute Gasteiger partial charge is 0.465 e. The van der Waals surface area contributed by atoms with Crippen molar-refractivity contribution in [3.05, 3.63) is 40.3 Å². The van der Waals surface area contributed by atoms with Gasteiger partial charge in [0, 0.05) is 11.5 Å². The summed E-state index contributed by atoms with van der Waals surface area (Å²) in [7, 11) is 1.18. The van der Waals surface area contributed by atoms with Gasteiger partial charge < -0.3 is 10.5 Å². The van der Waals surface area contributed by atoms with E-state index >= 15 is 0 Å². The van der Waals surface area contributed by atoms with Crippen LogP contribution in [0.4, 0.5) is 4.39 Å². The number of nitrogens with zero attached hydrogens (tertiary/aromatic N) is 1. The average molecular weight is 283 g/mol. The Morgan fingerprint density at radius 3 is 2.63 bits per heavy atom. The molecule has 0 radical (unpaired) electrons. The molecular formula is C12H8ClFN2O3. The molecule has 1 aromatic heterocycles. The van der Waals surface area contributed by atoms with Gasteiger partial charge in [-0.05, 0) is 12.1 Å². The van der Waals surface area contributed by atoms with Gasteiger partial charge in [-0.1, -0.05) is 11.6 Å². The first-order chi connectivity index (χ1) is 8.93. The Labute approximate surface area is 112 Å². The second kappa shape index (κ2) is 4.81. The average Bonchev–Trinajstić information content (AvgIpc) is 2.38. The lowest BCUT2D eigenvalue weighted by molar-refractivity contribution is 0.0603. The first-order valence-electron chi connectivity index (χ1n) is 5.12. The van der Waals surface area contributed by atoms with Crippen LogP contribution in [-0.2, 0) is 4.74 Å². The number of carbonyl (C=O) groups excluding carboxylic acids is 2. The fourth-order valence-electron chi connectivity index (χ4n) is 1.63. The summed E-state index contributed by atoms with van der Waals surface area (Å²) in [6.07, 6.45) is 0. The number of ether oxygens (including phenoxy) is 1. The van der Waals surface area contributed by atoms with Crippen LogP contribution in [0.3, 0.4) is 0 Å². The Hall–Kier alpha value is -2.21. The topological polar surface area (TPSA) is 82.3 Å². The first-order valence-corrected chi connectivity index (χ1v) is 5.49. The Bertz CT molecular complexity index is 703. The second-order valence-corrected chi connectivity index (χ2v) is 4.10. The maximum atomic E-state index is 13.4. The molecule has 0 spiro atoms. The number of halogens is 2. The van der Waals surface area contributed by atoms with Gasteiger partial charge in [-0.3, -0.25) is 4.79 Å². The number of nitrogens with two attached hydrogens (primary N) is 1. The molecule has 0 fully saturated rings. The fraction of sp³-hybridized carbons (Fsp3) is 0.0833. The number of hydrogen-bond acceptors (Lipinski definition) is 4. The molecule has 19 heavy (non-hydrogen) atoms. The third-order valence-corrected chi connectivity index (χ3v) is 2.80. The molecular weight excluding hydrogens is 275 g/mol. The van der Waals surface area contributed by atoms with E-state index in [1.807, 2.05) is 0 Å². The molecule has 0 aliphatic rings. The van der Waals surface area contributed by atoms with Crippen molar-refractivity contribution >= 4 is 34.4 Å². The molecule has 2 N–H and O–H groups in total. The van der Waals surface area contributed by atoms with Crippen LogP contribution in [0.2, 0.25) is 5.02 Å². The van der Waals surface area contributed by atoms with Crippen LogP contribution >= 0.6 is 11.6 Å². The van der Waals surface area contributed by atoms with Crippen LogP contribution in [-0.4, -0.2) is 24.0 Å². The SMILES string of the molecule is COC(=O)c1cc(C(N)=O)nc2cc(F)c(Cl)cc12. The molecule has 1 heterocycles. The zero-order valence-electron chi connectivity index (χ0n) is 9.74. The van der Waals surface area contributed by atoms with Crippen molar-refractivity contribution < 1.29 is 18.7 Å². The van der Waals surface area contributed by atoms with Crippen molar-refractivity contribution in [2.24, 2.45) is 5.73 Å². The highest BCUT2D eigenvalue weighted by atomic mass is 35.5.